The predicted molar refractivity (Wildman–Crippen MR) is 144 cm³/mol. The fraction of sp³-hybridized carbons (Fsp3) is 0.273. The Balaban J connectivity index is 1.63. The van der Waals surface area contributed by atoms with Crippen molar-refractivity contribution in [2.75, 3.05) is 17.7 Å². The summed E-state index contributed by atoms with van der Waals surface area (Å²) in [6, 6.07) is 7.21. The molecule has 1 atom stereocenters. The number of carbonyl (C=O) groups excluding carboxylic acids is 1. The molecule has 182 valence electrons. The van der Waals surface area contributed by atoms with Gasteiger partial charge in [-0.3, -0.25) is 9.13 Å². The lowest BCUT2D eigenvalue weighted by Crippen LogP contribution is -2.14. The predicted octanol–water partition coefficient (Wildman–Crippen LogP) is 6.69. The minimum Gasteiger partial charge on any atom is -0.494 e. The Bertz CT molecular complexity index is 1420. The molecule has 13 heteroatoms. The van der Waals surface area contributed by atoms with Gasteiger partial charge in [0.2, 0.25) is 5.91 Å². The number of aryl methyl sites for hydroxylation is 1. The summed E-state index contributed by atoms with van der Waals surface area (Å²) in [5.41, 5.74) is 3.30. The molecule has 1 saturated carbocycles. The monoisotopic (exact) mass is 628 g/mol. The van der Waals surface area contributed by atoms with Gasteiger partial charge in [-0.15, -0.1) is 11.3 Å². The molecule has 1 fully saturated rings. The van der Waals surface area contributed by atoms with Crippen LogP contribution in [0.3, 0.4) is 0 Å². The van der Waals surface area contributed by atoms with Gasteiger partial charge in [0.15, 0.2) is 17.2 Å². The van der Waals surface area contributed by atoms with Gasteiger partial charge in [0.05, 0.1) is 30.4 Å². The first-order chi connectivity index (χ1) is 16.9. The van der Waals surface area contributed by atoms with Crippen molar-refractivity contribution in [1.82, 2.24) is 19.3 Å². The third-order valence-electron chi connectivity index (χ3n) is 5.46. The van der Waals surface area contributed by atoms with Crippen LogP contribution in [0.15, 0.2) is 29.6 Å². The first kappa shape index (κ1) is 24.3. The van der Waals surface area contributed by atoms with Crippen molar-refractivity contribution >= 4 is 74.0 Å². The molecule has 1 amide bonds. The number of rotatable bonds is 8. The number of alkyl halides is 2. The number of thiazole rings is 1. The molecule has 35 heavy (non-hydrogen) atoms. The number of hydrogen-bond acceptors (Lipinski definition) is 7. The third kappa shape index (κ3) is 4.83. The number of ether oxygens (including phenoxy) is 1. The summed E-state index contributed by atoms with van der Waals surface area (Å²) in [5.74, 6) is 0.306. The highest BCUT2D eigenvalue weighted by Gasteiger charge is 2.30. The summed E-state index contributed by atoms with van der Waals surface area (Å²) >= 11 is 3.52. The topological polar surface area (TPSA) is 94.0 Å². The third-order valence-corrected chi connectivity index (χ3v) is 8.51. The van der Waals surface area contributed by atoms with Gasteiger partial charge in [0, 0.05) is 23.1 Å². The molecule has 1 aromatic carbocycles. The average molecular weight is 628 g/mol. The average Bonchev–Trinajstić information content (AvgIpc) is 3.50. The van der Waals surface area contributed by atoms with E-state index in [0.717, 1.165) is 29.1 Å². The van der Waals surface area contributed by atoms with Crippen LogP contribution in [0, 0.1) is 12.8 Å². The number of anilines is 3. The number of fused-ring (bicyclic) bond motifs is 1. The van der Waals surface area contributed by atoms with Crippen molar-refractivity contribution < 1.29 is 18.3 Å². The van der Waals surface area contributed by atoms with Crippen LogP contribution < -0.4 is 15.4 Å². The van der Waals surface area contributed by atoms with Crippen molar-refractivity contribution in [3.63, 3.8) is 0 Å². The SMILES string of the molecule is COc1c(Nc2cc(NC(=O)C3CC3)nc3c2nc(C(F)F)n3PI)cccc1-c1nc(C)cs1. The second-order valence-corrected chi connectivity index (χ2v) is 10.9. The number of pyridine rings is 1. The van der Waals surface area contributed by atoms with Gasteiger partial charge in [-0.1, -0.05) is 6.07 Å². The Kier molecular flexibility index (Phi) is 6.86. The van der Waals surface area contributed by atoms with Crippen LogP contribution >= 0.6 is 39.8 Å². The van der Waals surface area contributed by atoms with Crippen LogP contribution in [-0.4, -0.2) is 32.3 Å². The molecule has 2 N–H and O–H groups in total. The molecule has 3 heterocycles. The number of imidazole rings is 1. The smallest absolute Gasteiger partial charge is 0.295 e. The van der Waals surface area contributed by atoms with Crippen LogP contribution in [0.4, 0.5) is 26.0 Å². The first-order valence-corrected chi connectivity index (χ1v) is 15.6. The quantitative estimate of drug-likeness (QED) is 0.167. The molecule has 1 unspecified atom stereocenters. The summed E-state index contributed by atoms with van der Waals surface area (Å²) in [7, 11) is 1.56. The van der Waals surface area contributed by atoms with Gasteiger partial charge in [-0.2, -0.15) is 0 Å². The maximum absolute atomic E-state index is 13.8. The molecule has 0 spiro atoms. The van der Waals surface area contributed by atoms with Crippen LogP contribution in [0.5, 0.6) is 5.75 Å². The molecule has 1 aliphatic carbocycles. The molecule has 5 rings (SSSR count). The number of nitrogens with zero attached hydrogens (tertiary/aromatic N) is 4. The number of para-hydroxylation sites is 1. The molecule has 0 bridgehead atoms. The van der Waals surface area contributed by atoms with Crippen molar-refractivity contribution in [3.8, 4) is 16.3 Å². The molecule has 1 aliphatic rings. The van der Waals surface area contributed by atoms with Crippen LogP contribution in [0.2, 0.25) is 0 Å². The normalized spacial score (nSPS) is 13.8. The second-order valence-electron chi connectivity index (χ2n) is 7.99. The maximum atomic E-state index is 13.8. The molecule has 0 saturated heterocycles. The van der Waals surface area contributed by atoms with Gasteiger partial charge in [-0.25, -0.2) is 23.7 Å². The zero-order valence-corrected chi connectivity index (χ0v) is 22.6. The van der Waals surface area contributed by atoms with E-state index in [1.165, 1.54) is 15.7 Å². The lowest BCUT2D eigenvalue weighted by atomic mass is 10.1. The summed E-state index contributed by atoms with van der Waals surface area (Å²) in [4.78, 5) is 25.7. The molecule has 4 aromatic rings. The van der Waals surface area contributed by atoms with Crippen LogP contribution in [-0.2, 0) is 4.79 Å². The highest BCUT2D eigenvalue weighted by atomic mass is 127. The van der Waals surface area contributed by atoms with E-state index in [2.05, 4.69) is 25.6 Å². The largest absolute Gasteiger partial charge is 0.494 e. The standard InChI is InChI=1S/C22H20F2IN6O2PS/c1-10-9-35-22(26-10)12-4-3-5-13(17(12)33-2)27-14-8-15(29-21(32)11-6-7-11)28-19-16(14)30-20(18(23)24)31(19)34-25/h3-5,8-9,11,18,34H,6-7H2,1-2H3,(H2,27,28,29,32). The summed E-state index contributed by atoms with van der Waals surface area (Å²) < 4.78 is 34.6. The number of hydrogen-bond donors (Lipinski definition) is 2. The van der Waals surface area contributed by atoms with E-state index in [1.807, 2.05) is 52.5 Å². The van der Waals surface area contributed by atoms with E-state index in [9.17, 15) is 13.6 Å². The van der Waals surface area contributed by atoms with Crippen molar-refractivity contribution in [3.05, 3.63) is 41.2 Å². The van der Waals surface area contributed by atoms with Crippen LogP contribution in [0.1, 0.15) is 30.8 Å². The molecule has 0 radical (unpaired) electrons. The number of methoxy groups -OCH3 is 1. The Hall–Kier alpha value is -2.44. The number of carbonyl (C=O) groups is 1. The zero-order valence-electron chi connectivity index (χ0n) is 18.6. The van der Waals surface area contributed by atoms with Gasteiger partial charge >= 0.3 is 0 Å². The van der Waals surface area contributed by atoms with Crippen LogP contribution in [0.25, 0.3) is 21.7 Å². The molecular weight excluding hydrogens is 608 g/mol. The number of benzene rings is 1. The molecule has 8 nitrogen and oxygen atoms in total. The Morgan fingerprint density at radius 3 is 2.71 bits per heavy atom. The first-order valence-electron chi connectivity index (χ1n) is 10.6. The Morgan fingerprint density at radius 2 is 2.09 bits per heavy atom. The van der Waals surface area contributed by atoms with E-state index in [0.29, 0.717) is 17.1 Å². The fourth-order valence-electron chi connectivity index (χ4n) is 3.67. The zero-order chi connectivity index (χ0) is 24.7. The van der Waals surface area contributed by atoms with E-state index < -0.39 is 6.43 Å². The maximum Gasteiger partial charge on any atom is 0.295 e. The van der Waals surface area contributed by atoms with E-state index >= 15 is 0 Å². The number of amides is 1. The summed E-state index contributed by atoms with van der Waals surface area (Å²) in [6.45, 7) is 1.92. The lowest BCUT2D eigenvalue weighted by Gasteiger charge is -2.15. The Morgan fingerprint density at radius 1 is 1.29 bits per heavy atom. The number of aromatic nitrogens is 4. The van der Waals surface area contributed by atoms with E-state index in [4.69, 9.17) is 4.74 Å². The fourth-order valence-corrected chi connectivity index (χ4v) is 6.39. The van der Waals surface area contributed by atoms with E-state index in [1.54, 1.807) is 13.2 Å². The lowest BCUT2D eigenvalue weighted by molar-refractivity contribution is -0.117. The number of nitrogens with one attached hydrogen (secondary N) is 2. The summed E-state index contributed by atoms with van der Waals surface area (Å²) in [5, 5.41) is 8.87. The Labute approximate surface area is 218 Å². The van der Waals surface area contributed by atoms with Gasteiger partial charge < -0.3 is 15.4 Å². The molecular formula is C22H20F2IN6O2PS. The van der Waals surface area contributed by atoms with E-state index in [-0.39, 0.29) is 41.0 Å². The van der Waals surface area contributed by atoms with Crippen molar-refractivity contribution in [1.29, 1.82) is 0 Å². The molecule has 3 aromatic heterocycles. The highest BCUT2D eigenvalue weighted by molar-refractivity contribution is 14.2. The second kappa shape index (κ2) is 9.90. The molecule has 0 aliphatic heterocycles. The number of halogens is 3. The van der Waals surface area contributed by atoms with Gasteiger partial charge in [0.25, 0.3) is 6.43 Å². The van der Waals surface area contributed by atoms with Crippen molar-refractivity contribution in [2.45, 2.75) is 26.2 Å². The van der Waals surface area contributed by atoms with Gasteiger partial charge in [-0.05, 0) is 53.9 Å². The van der Waals surface area contributed by atoms with Crippen molar-refractivity contribution in [2.24, 2.45) is 5.92 Å². The minimum absolute atomic E-state index is 0.0320. The highest BCUT2D eigenvalue weighted by Crippen LogP contribution is 2.42. The summed E-state index contributed by atoms with van der Waals surface area (Å²) in [6.07, 6.45) is -1.15. The minimum atomic E-state index is -2.77. The van der Waals surface area contributed by atoms with Gasteiger partial charge in [0.1, 0.15) is 16.3 Å².